The maximum Gasteiger partial charge on any atom is 0.158 e. The maximum atomic E-state index is 4.78. The molecule has 0 aromatic carbocycles. The Morgan fingerprint density at radius 2 is 1.60 bits per heavy atom. The van der Waals surface area contributed by atoms with Gasteiger partial charge in [0, 0.05) is 33.9 Å². The smallest absolute Gasteiger partial charge is 0.158 e. The summed E-state index contributed by atoms with van der Waals surface area (Å²) in [4.78, 5) is 13.8. The average Bonchev–Trinajstić information content (AvgIpc) is 2.96. The normalized spacial score (nSPS) is 11.5. The van der Waals surface area contributed by atoms with Gasteiger partial charge in [-0.3, -0.25) is 9.97 Å². The predicted octanol–water partition coefficient (Wildman–Crippen LogP) is 3.86. The van der Waals surface area contributed by atoms with Gasteiger partial charge in [0.15, 0.2) is 5.65 Å². The minimum Gasteiger partial charge on any atom is -0.262 e. The number of hydrogen-bond acceptors (Lipinski definition) is 4. The van der Waals surface area contributed by atoms with Crippen molar-refractivity contribution in [1.82, 2.24) is 24.7 Å². The van der Waals surface area contributed by atoms with E-state index < -0.39 is 0 Å². The molecule has 0 unspecified atom stereocenters. The molecule has 5 heteroatoms. The minimum atomic E-state index is 0.641. The summed E-state index contributed by atoms with van der Waals surface area (Å²) in [7, 11) is 0. The second-order valence-corrected chi connectivity index (χ2v) is 6.29. The van der Waals surface area contributed by atoms with E-state index in [4.69, 9.17) is 10.1 Å². The van der Waals surface area contributed by atoms with E-state index in [1.165, 1.54) is 0 Å². The van der Waals surface area contributed by atoms with E-state index in [0.717, 1.165) is 57.4 Å². The summed E-state index contributed by atoms with van der Waals surface area (Å²) in [6, 6.07) is 8.43. The third kappa shape index (κ3) is 2.76. The third-order valence-electron chi connectivity index (χ3n) is 4.64. The quantitative estimate of drug-likeness (QED) is 0.570. The van der Waals surface area contributed by atoms with Crippen LogP contribution in [0.2, 0.25) is 0 Å². The molecule has 4 aromatic rings. The molecule has 0 saturated heterocycles. The second kappa shape index (κ2) is 6.24. The lowest BCUT2D eigenvalue weighted by molar-refractivity contribution is 0.696. The Kier molecular flexibility index (Phi) is 3.92. The second-order valence-electron chi connectivity index (χ2n) is 6.29. The van der Waals surface area contributed by atoms with Gasteiger partial charge in [-0.25, -0.2) is 9.67 Å². The van der Waals surface area contributed by atoms with Crippen LogP contribution in [0.15, 0.2) is 36.7 Å². The third-order valence-corrected chi connectivity index (χ3v) is 4.64. The Morgan fingerprint density at radius 1 is 0.880 bits per heavy atom. The molecule has 25 heavy (non-hydrogen) atoms. The van der Waals surface area contributed by atoms with Crippen LogP contribution in [0.25, 0.3) is 21.9 Å². The predicted molar refractivity (Wildman–Crippen MR) is 99.7 cm³/mol. The van der Waals surface area contributed by atoms with Gasteiger partial charge in [-0.15, -0.1) is 0 Å². The van der Waals surface area contributed by atoms with Gasteiger partial charge < -0.3 is 0 Å². The van der Waals surface area contributed by atoms with Gasteiger partial charge in [-0.2, -0.15) is 5.10 Å². The molecular formula is C20H21N5. The number of fused-ring (bicyclic) bond motifs is 2. The van der Waals surface area contributed by atoms with Gasteiger partial charge in [-0.1, -0.05) is 19.9 Å². The molecular weight excluding hydrogens is 310 g/mol. The Morgan fingerprint density at radius 3 is 2.36 bits per heavy atom. The van der Waals surface area contributed by atoms with Crippen LogP contribution in [-0.2, 0) is 19.4 Å². The Bertz CT molecular complexity index is 1060. The van der Waals surface area contributed by atoms with Gasteiger partial charge in [0.25, 0.3) is 0 Å². The summed E-state index contributed by atoms with van der Waals surface area (Å²) in [5.74, 6) is 0. The molecule has 0 aliphatic carbocycles. The molecule has 0 saturated carbocycles. The van der Waals surface area contributed by atoms with Crippen molar-refractivity contribution in [2.24, 2.45) is 0 Å². The lowest BCUT2D eigenvalue weighted by atomic mass is 10.1. The zero-order valence-electron chi connectivity index (χ0n) is 14.8. The number of pyridine rings is 3. The highest BCUT2D eigenvalue weighted by Crippen LogP contribution is 2.21. The van der Waals surface area contributed by atoms with E-state index >= 15 is 0 Å². The van der Waals surface area contributed by atoms with Crippen molar-refractivity contribution in [2.75, 3.05) is 0 Å². The minimum absolute atomic E-state index is 0.641. The average molecular weight is 331 g/mol. The first kappa shape index (κ1) is 15.7. The van der Waals surface area contributed by atoms with Crippen LogP contribution in [0.1, 0.15) is 36.5 Å². The van der Waals surface area contributed by atoms with Crippen molar-refractivity contribution < 1.29 is 0 Å². The van der Waals surface area contributed by atoms with Crippen LogP contribution in [0.3, 0.4) is 0 Å². The summed E-state index contributed by atoms with van der Waals surface area (Å²) in [5, 5.41) is 6.94. The van der Waals surface area contributed by atoms with E-state index in [9.17, 15) is 0 Å². The molecule has 0 aliphatic rings. The molecule has 4 rings (SSSR count). The first-order chi connectivity index (χ1) is 12.2. The molecule has 0 bridgehead atoms. The molecule has 0 aliphatic heterocycles. The lowest BCUT2D eigenvalue weighted by Crippen LogP contribution is -2.05. The zero-order chi connectivity index (χ0) is 17.4. The summed E-state index contributed by atoms with van der Waals surface area (Å²) in [5.41, 5.74) is 6.16. The SMILES string of the molecule is CCc1ccc2c(Cn3nc(C)c4ccc(CC)nc43)cncc2n1. The van der Waals surface area contributed by atoms with E-state index in [0.29, 0.717) is 6.54 Å². The molecule has 4 heterocycles. The standard InChI is InChI=1S/C20H21N5/c1-4-15-7-9-18-14(10-21-11-19(18)22-15)12-25-20-17(13(3)24-25)8-6-16(5-2)23-20/h6-11H,4-5,12H2,1-3H3. The van der Waals surface area contributed by atoms with Crippen LogP contribution in [0.4, 0.5) is 0 Å². The topological polar surface area (TPSA) is 56.5 Å². The van der Waals surface area contributed by atoms with Crippen LogP contribution < -0.4 is 0 Å². The molecule has 0 atom stereocenters. The molecule has 0 N–H and O–H groups in total. The number of aromatic nitrogens is 5. The number of nitrogens with zero attached hydrogens (tertiary/aromatic N) is 5. The van der Waals surface area contributed by atoms with Crippen molar-refractivity contribution in [3.05, 3.63) is 59.3 Å². The van der Waals surface area contributed by atoms with Crippen molar-refractivity contribution >= 4 is 21.9 Å². The van der Waals surface area contributed by atoms with E-state index in [1.54, 1.807) is 0 Å². The van der Waals surface area contributed by atoms with Gasteiger partial charge >= 0.3 is 0 Å². The fourth-order valence-electron chi connectivity index (χ4n) is 3.19. The van der Waals surface area contributed by atoms with Crippen molar-refractivity contribution in [1.29, 1.82) is 0 Å². The molecule has 0 radical (unpaired) electrons. The summed E-state index contributed by atoms with van der Waals surface area (Å²) in [6.07, 6.45) is 5.58. The van der Waals surface area contributed by atoms with Crippen LogP contribution in [-0.4, -0.2) is 24.7 Å². The van der Waals surface area contributed by atoms with Gasteiger partial charge in [0.1, 0.15) is 0 Å². The van der Waals surface area contributed by atoms with E-state index in [1.807, 2.05) is 24.0 Å². The molecule has 126 valence electrons. The van der Waals surface area contributed by atoms with Crippen molar-refractivity contribution in [3.63, 3.8) is 0 Å². The Balaban J connectivity index is 1.82. The molecule has 4 aromatic heterocycles. The highest BCUT2D eigenvalue weighted by Gasteiger charge is 2.12. The van der Waals surface area contributed by atoms with E-state index in [-0.39, 0.29) is 0 Å². The number of aryl methyl sites for hydroxylation is 3. The Hall–Kier alpha value is -2.82. The highest BCUT2D eigenvalue weighted by molar-refractivity contribution is 5.82. The highest BCUT2D eigenvalue weighted by atomic mass is 15.3. The van der Waals surface area contributed by atoms with Gasteiger partial charge in [0.05, 0.1) is 24.0 Å². The number of rotatable bonds is 4. The molecule has 0 fully saturated rings. The first-order valence-electron chi connectivity index (χ1n) is 8.75. The zero-order valence-corrected chi connectivity index (χ0v) is 14.8. The van der Waals surface area contributed by atoms with Crippen LogP contribution >= 0.6 is 0 Å². The van der Waals surface area contributed by atoms with Gasteiger partial charge in [0.2, 0.25) is 0 Å². The van der Waals surface area contributed by atoms with Crippen molar-refractivity contribution in [2.45, 2.75) is 40.2 Å². The summed E-state index contributed by atoms with van der Waals surface area (Å²) >= 11 is 0. The van der Waals surface area contributed by atoms with E-state index in [2.05, 4.69) is 48.1 Å². The fraction of sp³-hybridized carbons (Fsp3) is 0.300. The lowest BCUT2D eigenvalue weighted by Gasteiger charge is -2.08. The largest absolute Gasteiger partial charge is 0.262 e. The molecule has 5 nitrogen and oxygen atoms in total. The Labute approximate surface area is 146 Å². The fourth-order valence-corrected chi connectivity index (χ4v) is 3.19. The number of hydrogen-bond donors (Lipinski definition) is 0. The van der Waals surface area contributed by atoms with Crippen LogP contribution in [0.5, 0.6) is 0 Å². The summed E-state index contributed by atoms with van der Waals surface area (Å²) < 4.78 is 1.98. The van der Waals surface area contributed by atoms with Crippen molar-refractivity contribution in [3.8, 4) is 0 Å². The molecule has 0 spiro atoms. The maximum absolute atomic E-state index is 4.78. The first-order valence-corrected chi connectivity index (χ1v) is 8.75. The summed E-state index contributed by atoms with van der Waals surface area (Å²) in [6.45, 7) is 6.90. The van der Waals surface area contributed by atoms with Gasteiger partial charge in [-0.05, 0) is 38.0 Å². The molecule has 0 amide bonds. The van der Waals surface area contributed by atoms with Crippen LogP contribution in [0, 0.1) is 6.92 Å². The monoisotopic (exact) mass is 331 g/mol.